The largest absolute Gasteiger partial charge is 0.500 e. The maximum atomic E-state index is 13.5. The van der Waals surface area contributed by atoms with Crippen molar-refractivity contribution in [2.75, 3.05) is 0 Å². The summed E-state index contributed by atoms with van der Waals surface area (Å²) in [7, 11) is -0.686. The highest BCUT2D eigenvalue weighted by molar-refractivity contribution is 6.64. The number of aromatic nitrogens is 1. The number of benzene rings is 1. The molecule has 122 valence electrons. The zero-order chi connectivity index (χ0) is 17.0. The van der Waals surface area contributed by atoms with Crippen LogP contribution in [0.15, 0.2) is 22.7 Å². The quantitative estimate of drug-likeness (QED) is 0.797. The second-order valence-corrected chi connectivity index (χ2v) is 6.72. The molecule has 1 saturated heterocycles. The van der Waals surface area contributed by atoms with Gasteiger partial charge in [-0.3, -0.25) is 0 Å². The van der Waals surface area contributed by atoms with Gasteiger partial charge in [-0.15, -0.1) is 0 Å². The Labute approximate surface area is 133 Å². The van der Waals surface area contributed by atoms with Crippen molar-refractivity contribution in [3.05, 3.63) is 35.6 Å². The predicted molar refractivity (Wildman–Crippen MR) is 82.3 cm³/mol. The Hall–Kier alpha value is -1.73. The summed E-state index contributed by atoms with van der Waals surface area (Å²) in [5, 5.41) is 3.97. The van der Waals surface area contributed by atoms with Crippen LogP contribution in [0.2, 0.25) is 0 Å². The molecule has 1 fully saturated rings. The monoisotopic (exact) mass is 321 g/mol. The van der Waals surface area contributed by atoms with Crippen molar-refractivity contribution < 1.29 is 22.6 Å². The van der Waals surface area contributed by atoms with Crippen molar-refractivity contribution in [2.24, 2.45) is 0 Å². The van der Waals surface area contributed by atoms with E-state index in [9.17, 15) is 8.78 Å². The van der Waals surface area contributed by atoms with Gasteiger partial charge in [-0.1, -0.05) is 5.16 Å². The van der Waals surface area contributed by atoms with Gasteiger partial charge in [0.25, 0.3) is 0 Å². The maximum Gasteiger partial charge on any atom is 0.500 e. The number of hydrogen-bond donors (Lipinski definition) is 0. The Bertz CT molecular complexity index is 742. The number of rotatable bonds is 2. The molecule has 23 heavy (non-hydrogen) atoms. The number of halogens is 2. The fourth-order valence-corrected chi connectivity index (χ4v) is 2.47. The minimum Gasteiger partial charge on any atom is -0.399 e. The topological polar surface area (TPSA) is 44.5 Å². The van der Waals surface area contributed by atoms with Gasteiger partial charge in [0, 0.05) is 5.56 Å². The molecule has 0 bridgehead atoms. The summed E-state index contributed by atoms with van der Waals surface area (Å²) in [6, 6.07) is 3.59. The lowest BCUT2D eigenvalue weighted by Gasteiger charge is -2.32. The van der Waals surface area contributed by atoms with Gasteiger partial charge in [-0.05, 0) is 52.8 Å². The Morgan fingerprint density at radius 2 is 1.61 bits per heavy atom. The van der Waals surface area contributed by atoms with Crippen LogP contribution in [-0.4, -0.2) is 23.5 Å². The van der Waals surface area contributed by atoms with Gasteiger partial charge >= 0.3 is 7.12 Å². The summed E-state index contributed by atoms with van der Waals surface area (Å²) in [6.07, 6.45) is 0. The average molecular weight is 321 g/mol. The van der Waals surface area contributed by atoms with E-state index in [4.69, 9.17) is 13.8 Å². The van der Waals surface area contributed by atoms with Crippen LogP contribution in [0.3, 0.4) is 0 Å². The van der Waals surface area contributed by atoms with Crippen molar-refractivity contribution >= 4 is 12.6 Å². The molecule has 0 spiro atoms. The molecule has 2 aromatic rings. The van der Waals surface area contributed by atoms with Gasteiger partial charge in [-0.25, -0.2) is 8.78 Å². The number of hydrogen-bond acceptors (Lipinski definition) is 4. The van der Waals surface area contributed by atoms with E-state index >= 15 is 0 Å². The SMILES string of the molecule is Cc1onc(-c2ccc(F)c(F)c2)c1B1OC(C)(C)C(C)(C)O1. The molecule has 1 aromatic heterocycles. The third-order valence-electron chi connectivity index (χ3n) is 4.59. The van der Waals surface area contributed by atoms with E-state index in [-0.39, 0.29) is 0 Å². The molecule has 0 aliphatic carbocycles. The van der Waals surface area contributed by atoms with Crippen LogP contribution in [0.5, 0.6) is 0 Å². The predicted octanol–water partition coefficient (Wildman–Crippen LogP) is 3.23. The molecular weight excluding hydrogens is 303 g/mol. The van der Waals surface area contributed by atoms with Crippen LogP contribution in [0.4, 0.5) is 8.78 Å². The smallest absolute Gasteiger partial charge is 0.399 e. The highest BCUT2D eigenvalue weighted by atomic mass is 19.2. The molecule has 1 aliphatic rings. The molecule has 1 aliphatic heterocycles. The standard InChI is InChI=1S/C16H18BF2NO3/c1-9-13(17-22-15(2,3)16(4,5)23-17)14(20-21-9)10-6-7-11(18)12(19)8-10/h6-8H,1-5H3. The first-order valence-electron chi connectivity index (χ1n) is 7.39. The molecule has 0 amide bonds. The van der Waals surface area contributed by atoms with E-state index in [0.717, 1.165) is 12.1 Å². The van der Waals surface area contributed by atoms with Crippen LogP contribution >= 0.6 is 0 Å². The lowest BCUT2D eigenvalue weighted by atomic mass is 9.76. The maximum absolute atomic E-state index is 13.5. The van der Waals surface area contributed by atoms with E-state index in [2.05, 4.69) is 5.16 Å². The highest BCUT2D eigenvalue weighted by Crippen LogP contribution is 2.37. The summed E-state index contributed by atoms with van der Waals surface area (Å²) >= 11 is 0. The molecule has 0 radical (unpaired) electrons. The molecule has 0 unspecified atom stereocenters. The van der Waals surface area contributed by atoms with E-state index in [1.54, 1.807) is 6.92 Å². The Balaban J connectivity index is 2.05. The lowest BCUT2D eigenvalue weighted by molar-refractivity contribution is 0.00578. The fourth-order valence-electron chi connectivity index (χ4n) is 2.47. The Morgan fingerprint density at radius 3 is 2.17 bits per heavy atom. The van der Waals surface area contributed by atoms with Crippen LogP contribution < -0.4 is 5.46 Å². The Kier molecular flexibility index (Phi) is 3.61. The number of nitrogens with zero attached hydrogens (tertiary/aromatic N) is 1. The van der Waals surface area contributed by atoms with Crippen molar-refractivity contribution in [1.29, 1.82) is 0 Å². The zero-order valence-electron chi connectivity index (χ0n) is 13.7. The van der Waals surface area contributed by atoms with Crippen molar-refractivity contribution in [3.63, 3.8) is 0 Å². The average Bonchev–Trinajstić information content (AvgIpc) is 2.91. The van der Waals surface area contributed by atoms with Crippen LogP contribution in [0.1, 0.15) is 33.5 Å². The summed E-state index contributed by atoms with van der Waals surface area (Å²) in [5.74, 6) is -1.34. The Morgan fingerprint density at radius 1 is 1.00 bits per heavy atom. The summed E-state index contributed by atoms with van der Waals surface area (Å²) in [6.45, 7) is 9.48. The van der Waals surface area contributed by atoms with Gasteiger partial charge in [0.1, 0.15) is 11.5 Å². The lowest BCUT2D eigenvalue weighted by Crippen LogP contribution is -2.41. The normalized spacial score (nSPS) is 19.3. The second kappa shape index (κ2) is 5.14. The molecule has 0 saturated carbocycles. The third-order valence-corrected chi connectivity index (χ3v) is 4.59. The summed E-state index contributed by atoms with van der Waals surface area (Å²) in [5.41, 5.74) is 0.347. The molecule has 0 N–H and O–H groups in total. The molecule has 7 heteroatoms. The van der Waals surface area contributed by atoms with Gasteiger partial charge in [0.05, 0.1) is 16.7 Å². The second-order valence-electron chi connectivity index (χ2n) is 6.72. The fraction of sp³-hybridized carbons (Fsp3) is 0.438. The molecule has 4 nitrogen and oxygen atoms in total. The first-order valence-corrected chi connectivity index (χ1v) is 7.39. The number of aryl methyl sites for hydroxylation is 1. The van der Waals surface area contributed by atoms with Crippen molar-refractivity contribution in [3.8, 4) is 11.3 Å². The summed E-state index contributed by atoms with van der Waals surface area (Å²) in [4.78, 5) is 0. The zero-order valence-corrected chi connectivity index (χ0v) is 13.7. The van der Waals surface area contributed by atoms with E-state index < -0.39 is 30.0 Å². The molecular formula is C16H18BF2NO3. The van der Waals surface area contributed by atoms with Crippen LogP contribution in [0.25, 0.3) is 11.3 Å². The summed E-state index contributed by atoms with van der Waals surface area (Å²) < 4.78 is 44.0. The minimum atomic E-state index is -0.942. The van der Waals surface area contributed by atoms with Crippen LogP contribution in [0, 0.1) is 18.6 Å². The molecule has 0 atom stereocenters. The van der Waals surface area contributed by atoms with Crippen molar-refractivity contribution in [1.82, 2.24) is 5.16 Å². The van der Waals surface area contributed by atoms with Gasteiger partial charge in [-0.2, -0.15) is 0 Å². The van der Waals surface area contributed by atoms with E-state index in [1.807, 2.05) is 27.7 Å². The first-order chi connectivity index (χ1) is 10.6. The minimum absolute atomic E-state index is 0.389. The molecule has 2 heterocycles. The third kappa shape index (κ3) is 2.58. The van der Waals surface area contributed by atoms with E-state index in [1.165, 1.54) is 6.07 Å². The van der Waals surface area contributed by atoms with Gasteiger partial charge < -0.3 is 13.8 Å². The molecule has 3 rings (SSSR count). The van der Waals surface area contributed by atoms with Crippen molar-refractivity contribution in [2.45, 2.75) is 45.8 Å². The highest BCUT2D eigenvalue weighted by Gasteiger charge is 2.53. The molecule has 1 aromatic carbocycles. The van der Waals surface area contributed by atoms with E-state index in [0.29, 0.717) is 22.5 Å². The van der Waals surface area contributed by atoms with Crippen LogP contribution in [-0.2, 0) is 9.31 Å². The van der Waals surface area contributed by atoms with Gasteiger partial charge in [0.15, 0.2) is 11.6 Å². The van der Waals surface area contributed by atoms with Gasteiger partial charge in [0.2, 0.25) is 0 Å². The first kappa shape index (κ1) is 16.1.